The van der Waals surface area contributed by atoms with Crippen LogP contribution in [-0.4, -0.2) is 47.4 Å². The van der Waals surface area contributed by atoms with Crippen LogP contribution in [-0.2, 0) is 21.0 Å². The zero-order valence-electron chi connectivity index (χ0n) is 25.5. The molecule has 0 aliphatic rings. The van der Waals surface area contributed by atoms with Crippen molar-refractivity contribution < 1.29 is 23.9 Å². The normalized spacial score (nSPS) is 11.1. The molecular formula is C33H33Cl2N5O5. The molecule has 2 heterocycles. The Morgan fingerprint density at radius 1 is 1.07 bits per heavy atom. The number of anilines is 2. The summed E-state index contributed by atoms with van der Waals surface area (Å²) < 4.78 is 12.2. The average Bonchev–Trinajstić information content (AvgIpc) is 2.98. The van der Waals surface area contributed by atoms with Crippen molar-refractivity contribution in [2.75, 3.05) is 23.8 Å². The largest absolute Gasteiger partial charge is 0.490 e. The minimum absolute atomic E-state index is 0.0111. The molecule has 0 radical (unpaired) electrons. The van der Waals surface area contributed by atoms with Crippen LogP contribution >= 0.6 is 23.2 Å². The number of pyridine rings is 2. The van der Waals surface area contributed by atoms with Crippen LogP contribution in [0.25, 0.3) is 17.0 Å². The van der Waals surface area contributed by atoms with Gasteiger partial charge < -0.3 is 25.0 Å². The molecule has 234 valence electrons. The second-order valence-electron chi connectivity index (χ2n) is 10.4. The summed E-state index contributed by atoms with van der Waals surface area (Å²) in [5.74, 6) is 0.541. The third-order valence-corrected chi connectivity index (χ3v) is 7.24. The minimum atomic E-state index is -0.472. The number of carbonyl (C=O) groups is 3. The molecule has 3 amide bonds. The Kier molecular flexibility index (Phi) is 11.0. The number of nitrogens with zero attached hydrogens (tertiary/aromatic N) is 3. The van der Waals surface area contributed by atoms with E-state index in [0.717, 1.165) is 11.1 Å². The molecule has 45 heavy (non-hydrogen) atoms. The number of hydrogen-bond acceptors (Lipinski definition) is 7. The predicted octanol–water partition coefficient (Wildman–Crippen LogP) is 6.36. The van der Waals surface area contributed by atoms with Crippen LogP contribution in [0, 0.1) is 6.92 Å². The van der Waals surface area contributed by atoms with Crippen molar-refractivity contribution in [3.05, 3.63) is 87.7 Å². The second-order valence-corrected chi connectivity index (χ2v) is 11.2. The number of hydrogen-bond donors (Lipinski definition) is 2. The van der Waals surface area contributed by atoms with Crippen molar-refractivity contribution in [2.24, 2.45) is 0 Å². The van der Waals surface area contributed by atoms with Crippen molar-refractivity contribution in [1.29, 1.82) is 0 Å². The van der Waals surface area contributed by atoms with Crippen LogP contribution in [0.4, 0.5) is 11.5 Å². The van der Waals surface area contributed by atoms with E-state index in [1.165, 1.54) is 24.1 Å². The molecule has 2 N–H and O–H groups in total. The first-order valence-corrected chi connectivity index (χ1v) is 14.8. The van der Waals surface area contributed by atoms with Gasteiger partial charge in [-0.2, -0.15) is 0 Å². The van der Waals surface area contributed by atoms with Crippen molar-refractivity contribution in [3.63, 3.8) is 0 Å². The van der Waals surface area contributed by atoms with Gasteiger partial charge in [0, 0.05) is 54.0 Å². The molecule has 0 aliphatic carbocycles. The van der Waals surface area contributed by atoms with Crippen molar-refractivity contribution in [1.82, 2.24) is 15.3 Å². The Bertz CT molecular complexity index is 1760. The van der Waals surface area contributed by atoms with Crippen LogP contribution in [0.2, 0.25) is 10.0 Å². The maximum absolute atomic E-state index is 13.0. The highest BCUT2D eigenvalue weighted by Crippen LogP contribution is 2.36. The molecule has 0 spiro atoms. The lowest BCUT2D eigenvalue weighted by atomic mass is 10.1. The molecule has 4 aromatic rings. The number of aryl methyl sites for hydroxylation is 1. The summed E-state index contributed by atoms with van der Waals surface area (Å²) in [7, 11) is 1.56. The first kappa shape index (κ1) is 33.2. The fourth-order valence-corrected chi connectivity index (χ4v) is 4.92. The summed E-state index contributed by atoms with van der Waals surface area (Å²) in [6.07, 6.45) is 4.33. The molecule has 4 rings (SSSR count). The molecule has 0 saturated heterocycles. The van der Waals surface area contributed by atoms with Gasteiger partial charge in [-0.3, -0.25) is 14.4 Å². The molecule has 0 aliphatic heterocycles. The van der Waals surface area contributed by atoms with Gasteiger partial charge in [-0.1, -0.05) is 29.3 Å². The van der Waals surface area contributed by atoms with Gasteiger partial charge in [0.25, 0.3) is 0 Å². The van der Waals surface area contributed by atoms with Crippen molar-refractivity contribution in [3.8, 4) is 11.5 Å². The number of benzene rings is 2. The summed E-state index contributed by atoms with van der Waals surface area (Å²) in [5, 5.41) is 6.56. The third kappa shape index (κ3) is 8.71. The summed E-state index contributed by atoms with van der Waals surface area (Å²) in [6.45, 7) is 6.94. The number of fused-ring (bicyclic) bond motifs is 1. The standard InChI is InChI=1S/C33H33Cl2N5O5/c1-19(2)45-28-15-20(3)38-33-23(28)7-6-8-27(33)44-18-24-25(34)11-12-26(32(24)35)40(5)31(43)17-37-30(42)14-10-22-9-13-29(36-16-22)39-21(4)41/h6-16,19H,17-18H2,1-5H3,(H,37,42)(H,36,39,41). The SMILES string of the molecule is CC(=O)Nc1ccc(C=CC(=O)NCC(=O)N(C)c2ccc(Cl)c(COc3cccc4c(OC(C)C)cc(C)nc34)c2Cl)cn1. The highest BCUT2D eigenvalue weighted by molar-refractivity contribution is 6.38. The first-order chi connectivity index (χ1) is 21.4. The van der Waals surface area contributed by atoms with Crippen molar-refractivity contribution in [2.45, 2.75) is 40.4 Å². The second kappa shape index (κ2) is 14.9. The Morgan fingerprint density at radius 3 is 2.53 bits per heavy atom. The van der Waals surface area contributed by atoms with Crippen LogP contribution in [0.15, 0.2) is 60.8 Å². The summed E-state index contributed by atoms with van der Waals surface area (Å²) in [5.41, 5.74) is 2.96. The highest BCUT2D eigenvalue weighted by Gasteiger charge is 2.20. The van der Waals surface area contributed by atoms with Gasteiger partial charge in [0.15, 0.2) is 0 Å². The monoisotopic (exact) mass is 649 g/mol. The van der Waals surface area contributed by atoms with E-state index in [1.807, 2.05) is 45.0 Å². The molecule has 0 saturated carbocycles. The van der Waals surface area contributed by atoms with E-state index in [1.54, 1.807) is 37.4 Å². The lowest BCUT2D eigenvalue weighted by molar-refractivity contribution is -0.122. The number of halogens is 2. The topological polar surface area (TPSA) is 123 Å². The molecule has 2 aromatic heterocycles. The Morgan fingerprint density at radius 2 is 1.84 bits per heavy atom. The summed E-state index contributed by atoms with van der Waals surface area (Å²) >= 11 is 13.2. The molecule has 2 aromatic carbocycles. The van der Waals surface area contributed by atoms with E-state index >= 15 is 0 Å². The maximum atomic E-state index is 13.0. The van der Waals surface area contributed by atoms with Gasteiger partial charge in [0.05, 0.1) is 23.4 Å². The number of ether oxygens (including phenoxy) is 2. The number of nitrogens with one attached hydrogen (secondary N) is 2. The van der Waals surface area contributed by atoms with E-state index in [0.29, 0.717) is 44.7 Å². The Labute approximate surface area is 271 Å². The highest BCUT2D eigenvalue weighted by atomic mass is 35.5. The van der Waals surface area contributed by atoms with E-state index in [-0.39, 0.29) is 30.2 Å². The van der Waals surface area contributed by atoms with Crippen LogP contribution in [0.5, 0.6) is 11.5 Å². The van der Waals surface area contributed by atoms with E-state index in [4.69, 9.17) is 32.7 Å². The molecule has 0 unspecified atom stereocenters. The van der Waals surface area contributed by atoms with E-state index < -0.39 is 11.8 Å². The summed E-state index contributed by atoms with van der Waals surface area (Å²) in [6, 6.07) is 14.1. The lowest BCUT2D eigenvalue weighted by Crippen LogP contribution is -2.37. The number of para-hydroxylation sites is 1. The lowest BCUT2D eigenvalue weighted by Gasteiger charge is -2.21. The zero-order valence-corrected chi connectivity index (χ0v) is 27.0. The van der Waals surface area contributed by atoms with Crippen molar-refractivity contribution >= 4 is 69.4 Å². The Hall–Kier alpha value is -4.67. The quantitative estimate of drug-likeness (QED) is 0.181. The number of rotatable bonds is 11. The van der Waals surface area contributed by atoms with Gasteiger partial charge in [0.1, 0.15) is 29.4 Å². The van der Waals surface area contributed by atoms with Crippen LogP contribution in [0.1, 0.15) is 37.6 Å². The molecule has 12 heteroatoms. The van der Waals surface area contributed by atoms with E-state index in [9.17, 15) is 14.4 Å². The minimum Gasteiger partial charge on any atom is -0.490 e. The van der Waals surface area contributed by atoms with E-state index in [2.05, 4.69) is 20.6 Å². The fraction of sp³-hybridized carbons (Fsp3) is 0.242. The molecule has 10 nitrogen and oxygen atoms in total. The van der Waals surface area contributed by atoms with Crippen LogP contribution < -0.4 is 25.0 Å². The first-order valence-electron chi connectivity index (χ1n) is 14.1. The third-order valence-electron chi connectivity index (χ3n) is 6.46. The smallest absolute Gasteiger partial charge is 0.246 e. The predicted molar refractivity (Wildman–Crippen MR) is 177 cm³/mol. The number of aromatic nitrogens is 2. The van der Waals surface area contributed by atoms with Gasteiger partial charge in [-0.15, -0.1) is 0 Å². The van der Waals surface area contributed by atoms with Crippen LogP contribution in [0.3, 0.4) is 0 Å². The van der Waals surface area contributed by atoms with Gasteiger partial charge >= 0.3 is 0 Å². The molecule has 0 atom stereocenters. The van der Waals surface area contributed by atoms with Gasteiger partial charge in [-0.05, 0) is 68.8 Å². The zero-order chi connectivity index (χ0) is 32.7. The Balaban J connectivity index is 1.42. The number of amides is 3. The van der Waals surface area contributed by atoms with Gasteiger partial charge in [-0.25, -0.2) is 9.97 Å². The summed E-state index contributed by atoms with van der Waals surface area (Å²) in [4.78, 5) is 46.5. The van der Waals surface area contributed by atoms with Gasteiger partial charge in [0.2, 0.25) is 17.7 Å². The molecule has 0 bridgehead atoms. The molecular weight excluding hydrogens is 617 g/mol. The number of carbonyl (C=O) groups excluding carboxylic acids is 3. The fourth-order valence-electron chi connectivity index (χ4n) is 4.31. The maximum Gasteiger partial charge on any atom is 0.246 e. The average molecular weight is 651 g/mol. The molecule has 0 fully saturated rings. The number of likely N-dealkylation sites (N-methyl/N-ethyl adjacent to an activating group) is 1.